The Balaban J connectivity index is 1.37. The lowest BCUT2D eigenvalue weighted by Gasteiger charge is -2.31. The Hall–Kier alpha value is -3.78. The van der Waals surface area contributed by atoms with Gasteiger partial charge in [0.05, 0.1) is 42.8 Å². The zero-order valence-corrected chi connectivity index (χ0v) is 23.4. The number of nitrogens with zero attached hydrogens (tertiary/aromatic N) is 4. The van der Waals surface area contributed by atoms with Crippen molar-refractivity contribution in [1.82, 2.24) is 15.0 Å². The molecule has 0 radical (unpaired) electrons. The van der Waals surface area contributed by atoms with Crippen LogP contribution in [0.2, 0.25) is 0 Å². The normalized spacial score (nSPS) is 14.1. The van der Waals surface area contributed by atoms with Gasteiger partial charge in [0.1, 0.15) is 17.3 Å². The summed E-state index contributed by atoms with van der Waals surface area (Å²) in [6, 6.07) is 3.73. The maximum absolute atomic E-state index is 13.7. The molecule has 1 saturated heterocycles. The van der Waals surface area contributed by atoms with Gasteiger partial charge >= 0.3 is 12.1 Å². The number of methoxy groups -OCH3 is 1. The highest BCUT2D eigenvalue weighted by molar-refractivity contribution is 7.14. The third kappa shape index (κ3) is 7.91. The van der Waals surface area contributed by atoms with Gasteiger partial charge in [-0.3, -0.25) is 14.9 Å². The zero-order chi connectivity index (χ0) is 29.4. The quantitative estimate of drug-likeness (QED) is 0.240. The van der Waals surface area contributed by atoms with Gasteiger partial charge in [-0.1, -0.05) is 0 Å². The van der Waals surface area contributed by atoms with Gasteiger partial charge in [0.2, 0.25) is 0 Å². The first-order valence-electron chi connectivity index (χ1n) is 13.0. The van der Waals surface area contributed by atoms with Gasteiger partial charge in [0, 0.05) is 44.2 Å². The van der Waals surface area contributed by atoms with Crippen molar-refractivity contribution in [3.8, 4) is 17.0 Å². The molecule has 0 spiro atoms. The fourth-order valence-corrected chi connectivity index (χ4v) is 4.97. The molecule has 0 saturated carbocycles. The van der Waals surface area contributed by atoms with E-state index in [1.54, 1.807) is 12.3 Å². The number of thiazole rings is 1. The highest BCUT2D eigenvalue weighted by Crippen LogP contribution is 2.39. The van der Waals surface area contributed by atoms with Gasteiger partial charge in [0.15, 0.2) is 5.13 Å². The minimum Gasteiger partial charge on any atom is -0.493 e. The number of carbonyl (C=O) groups excluding carboxylic acids is 2. The topological polar surface area (TPSA) is 116 Å². The Bertz CT molecular complexity index is 1330. The van der Waals surface area contributed by atoms with Gasteiger partial charge in [0.25, 0.3) is 5.91 Å². The number of esters is 1. The molecule has 0 aliphatic carbocycles. The molecule has 0 unspecified atom stereocenters. The molecule has 1 aliphatic heterocycles. The van der Waals surface area contributed by atoms with Crippen LogP contribution < -0.4 is 15.0 Å². The number of aromatic nitrogens is 3. The molecule has 14 heteroatoms. The molecule has 1 amide bonds. The largest absolute Gasteiger partial charge is 0.493 e. The molecule has 3 heterocycles. The van der Waals surface area contributed by atoms with Crippen LogP contribution in [0, 0.1) is 5.92 Å². The van der Waals surface area contributed by atoms with Crippen LogP contribution in [0.5, 0.6) is 5.75 Å². The summed E-state index contributed by atoms with van der Waals surface area (Å²) in [7, 11) is 1.51. The van der Waals surface area contributed by atoms with Gasteiger partial charge in [-0.2, -0.15) is 13.2 Å². The number of piperidine rings is 1. The van der Waals surface area contributed by atoms with E-state index in [2.05, 4.69) is 20.3 Å². The molecule has 220 valence electrons. The number of hydrogen-bond donors (Lipinski definition) is 1. The van der Waals surface area contributed by atoms with Gasteiger partial charge < -0.3 is 19.1 Å². The first kappa shape index (κ1) is 30.2. The Labute approximate surface area is 238 Å². The van der Waals surface area contributed by atoms with E-state index < -0.39 is 17.6 Å². The van der Waals surface area contributed by atoms with Crippen LogP contribution >= 0.6 is 11.3 Å². The SMILES string of the molecule is CCOC(=O)C1CCN(c2cnc(C(=O)Nc3nc(-c4ccc(OCCCOC)c(C(F)(F)F)c4)cs3)cn2)CC1. The van der Waals surface area contributed by atoms with E-state index in [0.717, 1.165) is 17.4 Å². The first-order valence-corrected chi connectivity index (χ1v) is 13.9. The molecule has 3 aromatic rings. The zero-order valence-electron chi connectivity index (χ0n) is 22.6. The van der Waals surface area contributed by atoms with Crippen molar-refractivity contribution in [2.45, 2.75) is 32.4 Å². The summed E-state index contributed by atoms with van der Waals surface area (Å²) >= 11 is 1.07. The molecule has 2 aromatic heterocycles. The van der Waals surface area contributed by atoms with Crippen molar-refractivity contribution >= 4 is 34.2 Å². The van der Waals surface area contributed by atoms with Gasteiger partial charge in [-0.15, -0.1) is 11.3 Å². The molecular formula is C27H30F3N5O5S. The Morgan fingerprint density at radius 2 is 1.93 bits per heavy atom. The van der Waals surface area contributed by atoms with Crippen molar-refractivity contribution < 1.29 is 37.0 Å². The lowest BCUT2D eigenvalue weighted by Crippen LogP contribution is -2.37. The van der Waals surface area contributed by atoms with Crippen LogP contribution in [-0.4, -0.2) is 66.8 Å². The number of halogens is 3. The number of alkyl halides is 3. The van der Waals surface area contributed by atoms with Crippen LogP contribution in [-0.2, 0) is 20.4 Å². The minimum atomic E-state index is -4.62. The predicted octanol–water partition coefficient (Wildman–Crippen LogP) is 5.07. The fourth-order valence-electron chi connectivity index (χ4n) is 4.25. The Morgan fingerprint density at radius 3 is 2.59 bits per heavy atom. The molecule has 4 rings (SSSR count). The van der Waals surface area contributed by atoms with Crippen molar-refractivity contribution in [2.24, 2.45) is 5.92 Å². The summed E-state index contributed by atoms with van der Waals surface area (Å²) < 4.78 is 56.4. The molecule has 0 bridgehead atoms. The number of carbonyl (C=O) groups is 2. The van der Waals surface area contributed by atoms with Crippen LogP contribution in [0.3, 0.4) is 0 Å². The molecule has 41 heavy (non-hydrogen) atoms. The van der Waals surface area contributed by atoms with Crippen LogP contribution in [0.1, 0.15) is 42.2 Å². The first-order chi connectivity index (χ1) is 19.7. The minimum absolute atomic E-state index is 0.0567. The lowest BCUT2D eigenvalue weighted by molar-refractivity contribution is -0.148. The smallest absolute Gasteiger partial charge is 0.419 e. The molecule has 1 fully saturated rings. The summed E-state index contributed by atoms with van der Waals surface area (Å²) in [5, 5.41) is 4.37. The maximum Gasteiger partial charge on any atom is 0.419 e. The molecule has 1 aromatic carbocycles. The van der Waals surface area contributed by atoms with E-state index in [0.29, 0.717) is 51.4 Å². The monoisotopic (exact) mass is 593 g/mol. The van der Waals surface area contributed by atoms with E-state index in [9.17, 15) is 22.8 Å². The highest BCUT2D eigenvalue weighted by Gasteiger charge is 2.35. The molecule has 0 atom stereocenters. The summed E-state index contributed by atoms with van der Waals surface area (Å²) in [5.74, 6) is -0.554. The van der Waals surface area contributed by atoms with E-state index in [1.165, 1.54) is 31.6 Å². The molecule has 1 aliphatic rings. The van der Waals surface area contributed by atoms with Crippen LogP contribution in [0.25, 0.3) is 11.3 Å². The summed E-state index contributed by atoms with van der Waals surface area (Å²) in [6.07, 6.45) is -0.0512. The third-order valence-electron chi connectivity index (χ3n) is 6.37. The predicted molar refractivity (Wildman–Crippen MR) is 146 cm³/mol. The summed E-state index contributed by atoms with van der Waals surface area (Å²) in [5.41, 5.74) is -0.351. The van der Waals surface area contributed by atoms with Gasteiger partial charge in [-0.05, 0) is 38.0 Å². The Kier molecular flexibility index (Phi) is 10.1. The van der Waals surface area contributed by atoms with Crippen molar-refractivity contribution in [3.63, 3.8) is 0 Å². The molecule has 10 nitrogen and oxygen atoms in total. The van der Waals surface area contributed by atoms with E-state index >= 15 is 0 Å². The van der Waals surface area contributed by atoms with E-state index in [4.69, 9.17) is 14.2 Å². The van der Waals surface area contributed by atoms with Gasteiger partial charge in [-0.25, -0.2) is 15.0 Å². The Morgan fingerprint density at radius 1 is 1.15 bits per heavy atom. The number of benzene rings is 1. The number of amides is 1. The summed E-state index contributed by atoms with van der Waals surface area (Å²) in [4.78, 5) is 39.5. The second-order valence-electron chi connectivity index (χ2n) is 9.17. The lowest BCUT2D eigenvalue weighted by atomic mass is 9.97. The van der Waals surface area contributed by atoms with Crippen LogP contribution in [0.4, 0.5) is 24.1 Å². The summed E-state index contributed by atoms with van der Waals surface area (Å²) in [6.45, 7) is 3.82. The number of hydrogen-bond acceptors (Lipinski definition) is 10. The van der Waals surface area contributed by atoms with Crippen molar-refractivity contribution in [3.05, 3.63) is 47.2 Å². The molecular weight excluding hydrogens is 563 g/mol. The average molecular weight is 594 g/mol. The standard InChI is InChI=1S/C27H30F3N5O5S/c1-3-39-25(37)17-7-9-35(10-8-17)23-15-31-20(14-32-23)24(36)34-26-33-21(16-41-26)18-5-6-22(40-12-4-11-38-2)19(13-18)27(28,29)30/h5-6,13-17H,3-4,7-12H2,1-2H3,(H,33,34,36). The second-order valence-corrected chi connectivity index (χ2v) is 10.0. The van der Waals surface area contributed by atoms with Crippen molar-refractivity contribution in [2.75, 3.05) is 50.2 Å². The molecule has 1 N–H and O–H groups in total. The average Bonchev–Trinajstić information content (AvgIpc) is 3.43. The second kappa shape index (κ2) is 13.7. The number of ether oxygens (including phenoxy) is 3. The third-order valence-corrected chi connectivity index (χ3v) is 7.12. The van der Waals surface area contributed by atoms with Crippen LogP contribution in [0.15, 0.2) is 36.0 Å². The van der Waals surface area contributed by atoms with E-state index in [-0.39, 0.29) is 46.3 Å². The number of nitrogens with one attached hydrogen (secondary N) is 1. The van der Waals surface area contributed by atoms with Crippen molar-refractivity contribution in [1.29, 1.82) is 0 Å². The van der Waals surface area contributed by atoms with E-state index in [1.807, 2.05) is 4.90 Å². The fraction of sp³-hybridized carbons (Fsp3) is 0.444. The number of rotatable bonds is 11. The highest BCUT2D eigenvalue weighted by atomic mass is 32.1. The maximum atomic E-state index is 13.7. The number of anilines is 2.